The van der Waals surface area contributed by atoms with Gasteiger partial charge in [0.15, 0.2) is 11.9 Å². The molecule has 21 nitrogen and oxygen atoms in total. The van der Waals surface area contributed by atoms with Crippen molar-refractivity contribution in [2.45, 2.75) is 101 Å². The van der Waals surface area contributed by atoms with E-state index in [9.17, 15) is 33.9 Å². The first-order chi connectivity index (χ1) is 24.1. The molecule has 51 heavy (non-hydrogen) atoms. The Hall–Kier alpha value is -4.41. The lowest BCUT2D eigenvalue weighted by molar-refractivity contribution is -0.142. The fourth-order valence-corrected chi connectivity index (χ4v) is 4.83. The summed E-state index contributed by atoms with van der Waals surface area (Å²) >= 11 is 4.18. The van der Waals surface area contributed by atoms with E-state index in [0.29, 0.717) is 12.8 Å². The summed E-state index contributed by atoms with van der Waals surface area (Å²) < 4.78 is 0. The average Bonchev–Trinajstić information content (AvgIpc) is 3.07. The highest BCUT2D eigenvalue weighted by molar-refractivity contribution is 7.80. The van der Waals surface area contributed by atoms with Gasteiger partial charge in [-0.25, -0.2) is 4.79 Å². The van der Waals surface area contributed by atoms with Crippen molar-refractivity contribution in [2.75, 3.05) is 31.9 Å². The molecule has 0 aliphatic rings. The number of unbranched alkanes of at least 4 members (excludes halogenated alkanes) is 1. The lowest BCUT2D eigenvalue weighted by Gasteiger charge is -2.27. The minimum absolute atomic E-state index is 0.00946. The molecule has 0 fully saturated rings. The maximum atomic E-state index is 13.7. The Balaban J connectivity index is 6.08. The van der Waals surface area contributed by atoms with Gasteiger partial charge in [-0.05, 0) is 58.0 Å². The highest BCUT2D eigenvalue weighted by Gasteiger charge is 2.32. The summed E-state index contributed by atoms with van der Waals surface area (Å²) in [5.74, 6) is -5.82. The van der Waals surface area contributed by atoms with E-state index in [1.165, 1.54) is 0 Å². The van der Waals surface area contributed by atoms with E-state index in [1.54, 1.807) is 0 Å². The number of aliphatic carboxylic acids is 1. The molecule has 0 radical (unpaired) electrons. The number of nitrogens with one attached hydrogen (secondary N) is 9. The quantitative estimate of drug-likeness (QED) is 0.0162. The minimum atomic E-state index is -1.28. The Morgan fingerprint density at radius 3 is 1.37 bits per heavy atom. The summed E-state index contributed by atoms with van der Waals surface area (Å²) in [6.07, 6.45) is 2.06. The number of rotatable bonds is 27. The summed E-state index contributed by atoms with van der Waals surface area (Å²) in [4.78, 5) is 77.7. The molecule has 0 aliphatic carbocycles. The largest absolute Gasteiger partial charge is 0.480 e. The van der Waals surface area contributed by atoms with Crippen molar-refractivity contribution < 1.29 is 33.9 Å². The van der Waals surface area contributed by atoms with Crippen LogP contribution >= 0.6 is 12.6 Å². The fraction of sp³-hybridized carbons (Fsp3) is 0.724. The summed E-state index contributed by atoms with van der Waals surface area (Å²) in [5, 5.41) is 42.1. The zero-order valence-electron chi connectivity index (χ0n) is 29.1. The van der Waals surface area contributed by atoms with Crippen LogP contribution in [0.25, 0.3) is 0 Å². The van der Waals surface area contributed by atoms with Gasteiger partial charge in [-0.15, -0.1) is 0 Å². The van der Waals surface area contributed by atoms with Gasteiger partial charge in [0.25, 0.3) is 0 Å². The van der Waals surface area contributed by atoms with Gasteiger partial charge in [-0.1, -0.05) is 19.8 Å². The van der Waals surface area contributed by atoms with E-state index in [1.807, 2.05) is 6.92 Å². The van der Waals surface area contributed by atoms with Crippen molar-refractivity contribution in [1.82, 2.24) is 37.2 Å². The lowest BCUT2D eigenvalue weighted by atomic mass is 10.1. The maximum absolute atomic E-state index is 13.7. The topological polar surface area (TPSA) is 385 Å². The number of guanidine groups is 2. The van der Waals surface area contributed by atoms with Gasteiger partial charge in [0.2, 0.25) is 29.5 Å². The maximum Gasteiger partial charge on any atom is 0.326 e. The normalized spacial score (nSPS) is 14.3. The first-order valence-corrected chi connectivity index (χ1v) is 17.4. The van der Waals surface area contributed by atoms with Crippen LogP contribution < -0.4 is 65.9 Å². The molecule has 6 atom stereocenters. The number of carboxylic acid groups (broad SMARTS) is 1. The number of thiol groups is 1. The second-order valence-corrected chi connectivity index (χ2v) is 12.1. The van der Waals surface area contributed by atoms with Crippen LogP contribution in [0.5, 0.6) is 0 Å². The third-order valence-electron chi connectivity index (χ3n) is 7.42. The molecule has 0 aliphatic heterocycles. The number of hydrogen-bond donors (Lipinski definition) is 16. The third-order valence-corrected chi connectivity index (χ3v) is 7.78. The van der Waals surface area contributed by atoms with Crippen molar-refractivity contribution in [3.63, 3.8) is 0 Å². The van der Waals surface area contributed by atoms with Gasteiger partial charge >= 0.3 is 5.97 Å². The highest BCUT2D eigenvalue weighted by Crippen LogP contribution is 2.07. The molecular formula is C29H58N14O7S. The Labute approximate surface area is 303 Å². The van der Waals surface area contributed by atoms with Crippen molar-refractivity contribution >= 4 is 60.1 Å². The van der Waals surface area contributed by atoms with Crippen molar-refractivity contribution in [3.8, 4) is 0 Å². The van der Waals surface area contributed by atoms with Crippen LogP contribution in [0, 0.1) is 10.8 Å². The molecule has 22 heteroatoms. The van der Waals surface area contributed by atoms with Gasteiger partial charge < -0.3 is 71.0 Å². The molecule has 292 valence electrons. The van der Waals surface area contributed by atoms with Crippen LogP contribution in [-0.4, -0.2) is 121 Å². The molecule has 0 saturated carbocycles. The van der Waals surface area contributed by atoms with Gasteiger partial charge in [0.1, 0.15) is 30.2 Å². The van der Waals surface area contributed by atoms with E-state index in [-0.39, 0.29) is 88.8 Å². The van der Waals surface area contributed by atoms with E-state index < -0.39 is 71.8 Å². The van der Waals surface area contributed by atoms with Gasteiger partial charge in [-0.2, -0.15) is 12.6 Å². The Morgan fingerprint density at radius 1 is 0.608 bits per heavy atom. The molecule has 0 aromatic carbocycles. The molecule has 0 aromatic heterocycles. The predicted molar refractivity (Wildman–Crippen MR) is 194 cm³/mol. The molecule has 20 N–H and O–H groups in total. The summed E-state index contributed by atoms with van der Waals surface area (Å²) in [5.41, 5.74) is 27.5. The van der Waals surface area contributed by atoms with Gasteiger partial charge in [-0.3, -0.25) is 34.8 Å². The van der Waals surface area contributed by atoms with Crippen molar-refractivity contribution in [3.05, 3.63) is 0 Å². The second kappa shape index (κ2) is 26.4. The molecule has 0 unspecified atom stereocenters. The number of carbonyl (C=O) groups excluding carboxylic acids is 5. The number of amides is 5. The molecule has 0 spiro atoms. The molecule has 0 bridgehead atoms. The molecule has 0 heterocycles. The van der Waals surface area contributed by atoms with Crippen LogP contribution in [0.15, 0.2) is 0 Å². The van der Waals surface area contributed by atoms with E-state index >= 15 is 0 Å². The standard InChI is InChI=1S/C29H58N14O7S/c1-2-3-6-20(27(49)50)42-24(46)18(8-5-14-38-29(35)36)40-23(45)17(7-4-13-37-28(33)34)41-26(48)21(15-51)43-25(47)19(10-12-31)39-22(44)16(32)9-11-30/h16-21,51H,2-15,30-32H2,1H3,(H,39,44)(H,40,45)(H,41,48)(H,42,46)(H,43,47)(H,49,50)(H4,33,34,37)(H4,35,36,38)/t16-,17-,18-,19-,20-,21-/m0/s1. The third kappa shape index (κ3) is 20.1. The monoisotopic (exact) mass is 746 g/mol. The van der Waals surface area contributed by atoms with Crippen LogP contribution in [0.3, 0.4) is 0 Å². The first kappa shape index (κ1) is 46.6. The Morgan fingerprint density at radius 2 is 0.980 bits per heavy atom. The fourth-order valence-electron chi connectivity index (χ4n) is 4.57. The zero-order chi connectivity index (χ0) is 38.9. The van der Waals surface area contributed by atoms with E-state index in [4.69, 9.17) is 39.5 Å². The van der Waals surface area contributed by atoms with Crippen LogP contribution in [0.4, 0.5) is 0 Å². The minimum Gasteiger partial charge on any atom is -0.480 e. The molecule has 0 saturated heterocycles. The predicted octanol–water partition coefficient (Wildman–Crippen LogP) is -4.83. The smallest absolute Gasteiger partial charge is 0.326 e. The van der Waals surface area contributed by atoms with Crippen LogP contribution in [0.2, 0.25) is 0 Å². The van der Waals surface area contributed by atoms with E-state index in [2.05, 4.69) is 49.8 Å². The highest BCUT2D eigenvalue weighted by atomic mass is 32.1. The summed E-state index contributed by atoms with van der Waals surface area (Å²) in [6.45, 7) is 2.37. The van der Waals surface area contributed by atoms with Crippen molar-refractivity contribution in [2.24, 2.45) is 28.7 Å². The average molecular weight is 747 g/mol. The Bertz CT molecular complexity index is 1160. The molecular weight excluding hydrogens is 688 g/mol. The van der Waals surface area contributed by atoms with Crippen molar-refractivity contribution in [1.29, 1.82) is 10.8 Å². The zero-order valence-corrected chi connectivity index (χ0v) is 30.0. The van der Waals surface area contributed by atoms with Gasteiger partial charge in [0.05, 0.1) is 6.04 Å². The lowest BCUT2D eigenvalue weighted by Crippen LogP contribution is -2.60. The van der Waals surface area contributed by atoms with Crippen LogP contribution in [0.1, 0.15) is 64.7 Å². The molecule has 0 rings (SSSR count). The summed E-state index contributed by atoms with van der Waals surface area (Å²) in [6, 6.07) is -7.11. The number of carbonyl (C=O) groups is 6. The number of nitrogens with two attached hydrogens (primary N) is 5. The SMILES string of the molecule is CCCC[C@H](NC(=O)[C@H](CCCNC(=N)N)NC(=O)[C@H](CCCNC(=N)N)NC(=O)[C@H](CS)NC(=O)[C@H](CCN)NC(=O)[C@@H](N)CCN)C(=O)O. The molecule has 0 aromatic rings. The van der Waals surface area contributed by atoms with E-state index in [0.717, 1.165) is 0 Å². The number of carboxylic acids is 1. The first-order valence-electron chi connectivity index (χ1n) is 16.8. The number of hydrogen-bond acceptors (Lipinski definition) is 12. The second-order valence-electron chi connectivity index (χ2n) is 11.7. The molecule has 5 amide bonds. The summed E-state index contributed by atoms with van der Waals surface area (Å²) in [7, 11) is 0. The van der Waals surface area contributed by atoms with Crippen LogP contribution in [-0.2, 0) is 28.8 Å². The van der Waals surface area contributed by atoms with Gasteiger partial charge in [0, 0.05) is 18.8 Å². The Kier molecular flexibility index (Phi) is 24.1.